The van der Waals surface area contributed by atoms with Crippen molar-refractivity contribution in [3.63, 3.8) is 0 Å². The molecule has 0 aromatic heterocycles. The van der Waals surface area contributed by atoms with Gasteiger partial charge in [0.05, 0.1) is 5.75 Å². The molecule has 0 N–H and O–H groups in total. The fourth-order valence-corrected chi connectivity index (χ4v) is 3.12. The monoisotopic (exact) mass is 278 g/mol. The molecule has 0 rings (SSSR count). The van der Waals surface area contributed by atoms with Gasteiger partial charge in [-0.25, -0.2) is 8.42 Å². The molecule has 0 aromatic rings. The molecule has 2 nitrogen and oxygen atoms in total. The average molecular weight is 280 g/mol. The van der Waals surface area contributed by atoms with Gasteiger partial charge >= 0.3 is 0 Å². The third-order valence-corrected chi connectivity index (χ3v) is 4.39. The van der Waals surface area contributed by atoms with Crippen LogP contribution in [0.25, 0.3) is 0 Å². The lowest BCUT2D eigenvalue weighted by molar-refractivity contribution is 0.601. The molecule has 9 heavy (non-hydrogen) atoms. The van der Waals surface area contributed by atoms with Crippen LogP contribution in [-0.4, -0.2) is 30.6 Å². The molecule has 0 saturated heterocycles. The predicted molar refractivity (Wildman–Crippen MR) is 46.2 cm³/mol. The van der Waals surface area contributed by atoms with Crippen LogP contribution in [0.2, 0.25) is 0 Å². The van der Waals surface area contributed by atoms with E-state index < -0.39 is 9.84 Å². The molecule has 0 spiro atoms. The number of alkyl halides is 2. The third-order valence-electron chi connectivity index (χ3n) is 0.651. The highest BCUT2D eigenvalue weighted by atomic mass is 79.9. The Balaban J connectivity index is 3.75. The summed E-state index contributed by atoms with van der Waals surface area (Å²) in [7, 11) is -2.81. The second-order valence-electron chi connectivity index (χ2n) is 1.84. The van der Waals surface area contributed by atoms with Crippen LogP contribution in [0, 0.1) is 0 Å². The highest BCUT2D eigenvalue weighted by Crippen LogP contribution is 2.05. The summed E-state index contributed by atoms with van der Waals surface area (Å²) >= 11 is 6.34. The Hall–Kier alpha value is 0.910. The van der Waals surface area contributed by atoms with Crippen molar-refractivity contribution in [1.29, 1.82) is 0 Å². The molecular formula is C4H8Br2O2S. The van der Waals surface area contributed by atoms with Crippen LogP contribution in [-0.2, 0) is 9.84 Å². The maximum atomic E-state index is 10.5. The van der Waals surface area contributed by atoms with Gasteiger partial charge in [-0.05, 0) is 0 Å². The van der Waals surface area contributed by atoms with E-state index in [0.29, 0.717) is 5.33 Å². The SMILES string of the molecule is CS(=O)(=O)C[C@H](Br)CBr. The van der Waals surface area contributed by atoms with Crippen molar-refractivity contribution in [2.75, 3.05) is 17.3 Å². The number of halogens is 2. The van der Waals surface area contributed by atoms with Crippen molar-refractivity contribution in [1.82, 2.24) is 0 Å². The Morgan fingerprint density at radius 1 is 1.56 bits per heavy atom. The van der Waals surface area contributed by atoms with Gasteiger partial charge in [0.2, 0.25) is 0 Å². The molecule has 0 bridgehead atoms. The summed E-state index contributed by atoms with van der Waals surface area (Å²) in [4.78, 5) is 0.0347. The maximum Gasteiger partial charge on any atom is 0.148 e. The fraction of sp³-hybridized carbons (Fsp3) is 1.00. The molecule has 0 amide bonds. The first-order valence-electron chi connectivity index (χ1n) is 2.33. The minimum atomic E-state index is -2.81. The first kappa shape index (κ1) is 9.91. The molecule has 0 aliphatic rings. The quantitative estimate of drug-likeness (QED) is 0.728. The minimum absolute atomic E-state index is 0.0347. The number of hydrogen-bond acceptors (Lipinski definition) is 2. The number of hydrogen-bond donors (Lipinski definition) is 0. The van der Waals surface area contributed by atoms with E-state index >= 15 is 0 Å². The van der Waals surface area contributed by atoms with E-state index in [9.17, 15) is 8.42 Å². The van der Waals surface area contributed by atoms with Crippen LogP contribution in [0.5, 0.6) is 0 Å². The summed E-state index contributed by atoms with van der Waals surface area (Å²) in [5.74, 6) is 0.193. The summed E-state index contributed by atoms with van der Waals surface area (Å²) in [6.07, 6.45) is 1.23. The van der Waals surface area contributed by atoms with Gasteiger partial charge in [0.25, 0.3) is 0 Å². The van der Waals surface area contributed by atoms with E-state index in [4.69, 9.17) is 0 Å². The highest BCUT2D eigenvalue weighted by molar-refractivity contribution is 9.12. The summed E-state index contributed by atoms with van der Waals surface area (Å²) < 4.78 is 21.1. The van der Waals surface area contributed by atoms with Crippen LogP contribution in [0.3, 0.4) is 0 Å². The van der Waals surface area contributed by atoms with Gasteiger partial charge in [-0.15, -0.1) is 0 Å². The molecule has 1 atom stereocenters. The van der Waals surface area contributed by atoms with Crippen molar-refractivity contribution >= 4 is 41.7 Å². The minimum Gasteiger partial charge on any atom is -0.229 e. The molecule has 0 fully saturated rings. The zero-order valence-electron chi connectivity index (χ0n) is 4.97. The van der Waals surface area contributed by atoms with E-state index in [1.807, 2.05) is 0 Å². The van der Waals surface area contributed by atoms with Gasteiger partial charge in [-0.2, -0.15) is 0 Å². The van der Waals surface area contributed by atoms with E-state index in [0.717, 1.165) is 0 Å². The van der Waals surface area contributed by atoms with Crippen LogP contribution in [0.4, 0.5) is 0 Å². The van der Waals surface area contributed by atoms with Crippen LogP contribution >= 0.6 is 31.9 Å². The summed E-state index contributed by atoms with van der Waals surface area (Å²) in [5.41, 5.74) is 0. The second-order valence-corrected chi connectivity index (χ2v) is 5.97. The van der Waals surface area contributed by atoms with E-state index in [1.165, 1.54) is 6.26 Å². The van der Waals surface area contributed by atoms with Gasteiger partial charge in [0.15, 0.2) is 0 Å². The molecule has 5 heteroatoms. The van der Waals surface area contributed by atoms with Crippen LogP contribution in [0.15, 0.2) is 0 Å². The Morgan fingerprint density at radius 2 is 2.00 bits per heavy atom. The second kappa shape index (κ2) is 3.93. The Bertz CT molecular complexity index is 163. The lowest BCUT2D eigenvalue weighted by Crippen LogP contribution is -2.14. The standard InChI is InChI=1S/C4H8Br2O2S/c1-9(7,8)3-4(6)2-5/h4H,2-3H2,1H3/t4-/m1/s1. The first-order valence-corrected chi connectivity index (χ1v) is 6.43. The van der Waals surface area contributed by atoms with Gasteiger partial charge in [-0.1, -0.05) is 31.9 Å². The molecule has 0 unspecified atom stereocenters. The smallest absolute Gasteiger partial charge is 0.148 e. The van der Waals surface area contributed by atoms with Gasteiger partial charge < -0.3 is 0 Å². The topological polar surface area (TPSA) is 34.1 Å². The van der Waals surface area contributed by atoms with E-state index in [2.05, 4.69) is 31.9 Å². The van der Waals surface area contributed by atoms with Crippen LogP contribution in [0.1, 0.15) is 0 Å². The molecule has 56 valence electrons. The molecule has 0 aliphatic heterocycles. The highest BCUT2D eigenvalue weighted by Gasteiger charge is 2.09. The lowest BCUT2D eigenvalue weighted by atomic mass is 10.6. The zero-order valence-corrected chi connectivity index (χ0v) is 8.96. The third kappa shape index (κ3) is 6.80. The van der Waals surface area contributed by atoms with Crippen molar-refractivity contribution in [2.24, 2.45) is 0 Å². The fourth-order valence-electron chi connectivity index (χ4n) is 0.373. The summed E-state index contributed by atoms with van der Waals surface area (Å²) in [5, 5.41) is 0.667. The van der Waals surface area contributed by atoms with Crippen molar-refractivity contribution in [2.45, 2.75) is 4.83 Å². The van der Waals surface area contributed by atoms with Gasteiger partial charge in [0, 0.05) is 16.4 Å². The normalized spacial score (nSPS) is 15.4. The lowest BCUT2D eigenvalue weighted by Gasteiger charge is -2.01. The van der Waals surface area contributed by atoms with Crippen LogP contribution < -0.4 is 0 Å². The molecular weight excluding hydrogens is 272 g/mol. The molecule has 0 saturated carbocycles. The Labute approximate surface area is 72.2 Å². The van der Waals surface area contributed by atoms with Gasteiger partial charge in [-0.3, -0.25) is 0 Å². The molecule has 0 radical (unpaired) electrons. The summed E-state index contributed by atoms with van der Waals surface area (Å²) in [6.45, 7) is 0. The van der Waals surface area contributed by atoms with Crippen molar-refractivity contribution in [3.8, 4) is 0 Å². The Kier molecular flexibility index (Phi) is 4.33. The van der Waals surface area contributed by atoms with Crippen molar-refractivity contribution in [3.05, 3.63) is 0 Å². The molecule has 0 heterocycles. The predicted octanol–water partition coefficient (Wildman–Crippen LogP) is 1.19. The number of rotatable bonds is 3. The zero-order chi connectivity index (χ0) is 7.49. The number of sulfone groups is 1. The first-order chi connectivity index (χ1) is 3.95. The van der Waals surface area contributed by atoms with Crippen molar-refractivity contribution < 1.29 is 8.42 Å². The summed E-state index contributed by atoms with van der Waals surface area (Å²) in [6, 6.07) is 0. The average Bonchev–Trinajstić information content (AvgIpc) is 1.62. The molecule has 0 aromatic carbocycles. The van der Waals surface area contributed by atoms with E-state index in [1.54, 1.807) is 0 Å². The van der Waals surface area contributed by atoms with E-state index in [-0.39, 0.29) is 10.6 Å². The largest absolute Gasteiger partial charge is 0.229 e. The maximum absolute atomic E-state index is 10.5. The Morgan fingerprint density at radius 3 is 2.11 bits per heavy atom. The van der Waals surface area contributed by atoms with Gasteiger partial charge in [0.1, 0.15) is 9.84 Å². The molecule has 0 aliphatic carbocycles.